The van der Waals surface area contributed by atoms with E-state index in [-0.39, 0.29) is 11.9 Å². The Kier molecular flexibility index (Phi) is 4.83. The van der Waals surface area contributed by atoms with Gasteiger partial charge in [0, 0.05) is 31.8 Å². The van der Waals surface area contributed by atoms with Crippen LogP contribution in [0.2, 0.25) is 0 Å². The number of nitrogens with zero attached hydrogens (tertiary/aromatic N) is 4. The van der Waals surface area contributed by atoms with Gasteiger partial charge in [0.1, 0.15) is 23.7 Å². The Hall–Kier alpha value is -3.09. The minimum absolute atomic E-state index is 0.132. The Bertz CT molecular complexity index is 824. The number of aromatic nitrogens is 4. The Labute approximate surface area is 146 Å². The van der Waals surface area contributed by atoms with Crippen molar-refractivity contribution in [2.24, 2.45) is 7.05 Å². The molecule has 2 heterocycles. The fourth-order valence-electron chi connectivity index (χ4n) is 2.64. The van der Waals surface area contributed by atoms with Crippen molar-refractivity contribution in [3.63, 3.8) is 0 Å². The van der Waals surface area contributed by atoms with Gasteiger partial charge < -0.3 is 14.6 Å². The van der Waals surface area contributed by atoms with Crippen molar-refractivity contribution in [1.82, 2.24) is 24.6 Å². The van der Waals surface area contributed by atoms with Crippen molar-refractivity contribution in [3.8, 4) is 5.75 Å². The van der Waals surface area contributed by atoms with Crippen molar-refractivity contribution in [2.45, 2.75) is 19.0 Å². The summed E-state index contributed by atoms with van der Waals surface area (Å²) in [4.78, 5) is 17.1. The summed E-state index contributed by atoms with van der Waals surface area (Å²) >= 11 is 0. The maximum Gasteiger partial charge on any atom is 0.245 e. The average molecular weight is 339 g/mol. The molecule has 0 bridgehead atoms. The number of rotatable bonds is 6. The predicted octanol–water partition coefficient (Wildman–Crippen LogP) is 2.09. The van der Waals surface area contributed by atoms with E-state index in [1.54, 1.807) is 36.4 Å². The highest BCUT2D eigenvalue weighted by Gasteiger charge is 2.24. The molecule has 0 aliphatic heterocycles. The highest BCUT2D eigenvalue weighted by Crippen LogP contribution is 2.23. The molecule has 0 saturated carbocycles. The summed E-state index contributed by atoms with van der Waals surface area (Å²) in [5.41, 5.74) is 0.927. The van der Waals surface area contributed by atoms with E-state index < -0.39 is 6.04 Å². The summed E-state index contributed by atoms with van der Waals surface area (Å²) in [5.74, 6) is 1.39. The Balaban J connectivity index is 1.88. The number of amides is 1. The molecule has 2 atom stereocenters. The van der Waals surface area contributed by atoms with Crippen LogP contribution in [0.5, 0.6) is 5.75 Å². The second-order valence-electron chi connectivity index (χ2n) is 5.77. The smallest absolute Gasteiger partial charge is 0.245 e. The largest absolute Gasteiger partial charge is 0.497 e. The van der Waals surface area contributed by atoms with E-state index in [9.17, 15) is 4.79 Å². The molecule has 0 saturated heterocycles. The molecule has 130 valence electrons. The van der Waals surface area contributed by atoms with E-state index in [1.807, 2.05) is 49.0 Å². The molecule has 3 rings (SSSR count). The molecule has 3 aromatic rings. The van der Waals surface area contributed by atoms with Crippen LogP contribution in [0.1, 0.15) is 30.4 Å². The third-order valence-electron chi connectivity index (χ3n) is 4.15. The molecular weight excluding hydrogens is 318 g/mol. The number of hydrogen-bond acceptors (Lipinski definition) is 4. The summed E-state index contributed by atoms with van der Waals surface area (Å²) in [7, 11) is 3.53. The maximum atomic E-state index is 12.7. The van der Waals surface area contributed by atoms with Gasteiger partial charge in [-0.15, -0.1) is 0 Å². The maximum absolute atomic E-state index is 12.7. The van der Waals surface area contributed by atoms with Crippen LogP contribution in [0.4, 0.5) is 0 Å². The Morgan fingerprint density at radius 1 is 1.20 bits per heavy atom. The van der Waals surface area contributed by atoms with Gasteiger partial charge in [-0.25, -0.2) is 4.98 Å². The van der Waals surface area contributed by atoms with Crippen molar-refractivity contribution in [3.05, 3.63) is 66.5 Å². The number of aryl methyl sites for hydroxylation is 1. The Morgan fingerprint density at radius 2 is 1.96 bits per heavy atom. The van der Waals surface area contributed by atoms with Crippen molar-refractivity contribution in [2.75, 3.05) is 7.11 Å². The van der Waals surface area contributed by atoms with Gasteiger partial charge in [-0.2, -0.15) is 5.10 Å². The molecule has 25 heavy (non-hydrogen) atoms. The molecule has 1 aromatic carbocycles. The van der Waals surface area contributed by atoms with E-state index in [2.05, 4.69) is 15.4 Å². The van der Waals surface area contributed by atoms with Gasteiger partial charge in [0.15, 0.2) is 0 Å². The first-order valence-corrected chi connectivity index (χ1v) is 8.01. The molecule has 1 amide bonds. The third kappa shape index (κ3) is 3.55. The summed E-state index contributed by atoms with van der Waals surface area (Å²) in [6, 6.07) is 8.60. The van der Waals surface area contributed by atoms with Gasteiger partial charge in [0.2, 0.25) is 5.91 Å². The van der Waals surface area contributed by atoms with Gasteiger partial charge in [0.25, 0.3) is 0 Å². The zero-order chi connectivity index (χ0) is 17.8. The number of hydrogen-bond donors (Lipinski definition) is 1. The summed E-state index contributed by atoms with van der Waals surface area (Å²) in [6.07, 6.45) is 7.00. The van der Waals surface area contributed by atoms with E-state index in [0.717, 1.165) is 17.1 Å². The molecule has 7 heteroatoms. The molecular formula is C18H21N5O2. The van der Waals surface area contributed by atoms with Crippen LogP contribution in [-0.2, 0) is 11.8 Å². The second-order valence-corrected chi connectivity index (χ2v) is 5.77. The molecule has 0 aliphatic carbocycles. The first kappa shape index (κ1) is 16.8. The van der Waals surface area contributed by atoms with Crippen molar-refractivity contribution < 1.29 is 9.53 Å². The molecule has 0 radical (unpaired) electrons. The van der Waals surface area contributed by atoms with Gasteiger partial charge >= 0.3 is 0 Å². The minimum Gasteiger partial charge on any atom is -0.497 e. The lowest BCUT2D eigenvalue weighted by atomic mass is 10.1. The fourth-order valence-corrected chi connectivity index (χ4v) is 2.64. The quantitative estimate of drug-likeness (QED) is 0.746. The molecule has 0 fully saturated rings. The monoisotopic (exact) mass is 339 g/mol. The van der Waals surface area contributed by atoms with E-state index in [4.69, 9.17) is 4.74 Å². The van der Waals surface area contributed by atoms with Crippen LogP contribution < -0.4 is 10.1 Å². The van der Waals surface area contributed by atoms with Gasteiger partial charge in [-0.05, 0) is 30.7 Å². The molecule has 7 nitrogen and oxygen atoms in total. The number of imidazole rings is 1. The first-order valence-electron chi connectivity index (χ1n) is 8.01. The molecule has 0 spiro atoms. The highest BCUT2D eigenvalue weighted by molar-refractivity contribution is 5.80. The third-order valence-corrected chi connectivity index (χ3v) is 4.15. The molecule has 0 aliphatic rings. The van der Waals surface area contributed by atoms with Crippen LogP contribution in [0.25, 0.3) is 0 Å². The second kappa shape index (κ2) is 7.21. The number of methoxy groups -OCH3 is 1. The lowest BCUT2D eigenvalue weighted by Crippen LogP contribution is -2.36. The van der Waals surface area contributed by atoms with Crippen molar-refractivity contribution >= 4 is 5.91 Å². The summed E-state index contributed by atoms with van der Waals surface area (Å²) < 4.78 is 8.73. The molecule has 1 N–H and O–H groups in total. The van der Waals surface area contributed by atoms with Crippen LogP contribution in [-0.4, -0.2) is 32.3 Å². The SMILES string of the molecule is COc1ccc(C(NC(=O)C(C)n2cccn2)c2nccn2C)cc1. The van der Waals surface area contributed by atoms with Gasteiger partial charge in [-0.1, -0.05) is 12.1 Å². The highest BCUT2D eigenvalue weighted by atomic mass is 16.5. The van der Waals surface area contributed by atoms with Gasteiger partial charge in [-0.3, -0.25) is 9.48 Å². The van der Waals surface area contributed by atoms with Crippen LogP contribution in [0.3, 0.4) is 0 Å². The number of benzene rings is 1. The normalized spacial score (nSPS) is 13.2. The average Bonchev–Trinajstić information content (AvgIpc) is 3.31. The number of ether oxygens (including phenoxy) is 1. The number of carbonyl (C=O) groups is 1. The van der Waals surface area contributed by atoms with Crippen LogP contribution in [0.15, 0.2) is 55.1 Å². The Morgan fingerprint density at radius 3 is 2.52 bits per heavy atom. The number of nitrogens with one attached hydrogen (secondary N) is 1. The van der Waals surface area contributed by atoms with Crippen LogP contribution in [0, 0.1) is 0 Å². The first-order chi connectivity index (χ1) is 12.1. The van der Waals surface area contributed by atoms with E-state index >= 15 is 0 Å². The van der Waals surface area contributed by atoms with Gasteiger partial charge in [0.05, 0.1) is 7.11 Å². The van der Waals surface area contributed by atoms with Crippen LogP contribution >= 0.6 is 0 Å². The van der Waals surface area contributed by atoms with Crippen molar-refractivity contribution in [1.29, 1.82) is 0 Å². The summed E-state index contributed by atoms with van der Waals surface area (Å²) in [6.45, 7) is 1.81. The lowest BCUT2D eigenvalue weighted by Gasteiger charge is -2.22. The standard InChI is InChI=1S/C18H21N5O2/c1-13(23-11-4-9-20-23)18(24)21-16(17-19-10-12-22(17)2)14-5-7-15(25-3)8-6-14/h4-13,16H,1-3H3,(H,21,24). The number of carbonyl (C=O) groups excluding carboxylic acids is 1. The molecule has 2 aromatic heterocycles. The van der Waals surface area contributed by atoms with E-state index in [0.29, 0.717) is 0 Å². The lowest BCUT2D eigenvalue weighted by molar-refractivity contribution is -0.124. The fraction of sp³-hybridized carbons (Fsp3) is 0.278. The zero-order valence-corrected chi connectivity index (χ0v) is 14.5. The summed E-state index contributed by atoms with van der Waals surface area (Å²) in [5, 5.41) is 7.22. The van der Waals surface area contributed by atoms with E-state index in [1.165, 1.54) is 0 Å². The predicted molar refractivity (Wildman–Crippen MR) is 93.1 cm³/mol. The molecule has 2 unspecified atom stereocenters. The minimum atomic E-state index is -0.420. The topological polar surface area (TPSA) is 74.0 Å². The zero-order valence-electron chi connectivity index (χ0n) is 14.5.